The predicted octanol–water partition coefficient (Wildman–Crippen LogP) is 1.20. The van der Waals surface area contributed by atoms with Crippen molar-refractivity contribution in [2.24, 2.45) is 0 Å². The van der Waals surface area contributed by atoms with E-state index in [9.17, 15) is 4.79 Å². The second-order valence-electron chi connectivity index (χ2n) is 1.73. The molecule has 0 aliphatic rings. The van der Waals surface area contributed by atoms with Gasteiger partial charge in [0.05, 0.1) is 0 Å². The molecule has 49 valence electrons. The van der Waals surface area contributed by atoms with E-state index >= 15 is 0 Å². The van der Waals surface area contributed by atoms with Crippen molar-refractivity contribution in [2.75, 3.05) is 0 Å². The molecular weight excluding hydrogens is 126 g/mol. The van der Waals surface area contributed by atoms with Crippen molar-refractivity contribution in [3.05, 3.63) is 36.2 Å². The van der Waals surface area contributed by atoms with Crippen LogP contribution in [0.4, 0.5) is 0 Å². The molecule has 1 aromatic heterocycles. The zero-order valence-electron chi connectivity index (χ0n) is 5.32. The summed E-state index contributed by atoms with van der Waals surface area (Å²) in [4.78, 5) is 13.6. The molecule has 2 heteroatoms. The van der Waals surface area contributed by atoms with Gasteiger partial charge in [0.25, 0.3) is 0 Å². The number of rotatable bonds is 2. The van der Waals surface area contributed by atoms with Crippen LogP contribution in [-0.2, 0) is 4.79 Å². The molecule has 0 N–H and O–H groups in total. The lowest BCUT2D eigenvalue weighted by molar-refractivity contribution is 0.564. The van der Waals surface area contributed by atoms with Crippen molar-refractivity contribution >= 4 is 12.4 Å². The highest BCUT2D eigenvalue weighted by Crippen LogP contribution is 1.96. The Morgan fingerprint density at radius 2 is 2.10 bits per heavy atom. The summed E-state index contributed by atoms with van der Waals surface area (Å²) in [6, 6.07) is 3.63. The summed E-state index contributed by atoms with van der Waals surface area (Å²) in [6.45, 7) is 0. The van der Waals surface area contributed by atoms with Crippen LogP contribution >= 0.6 is 0 Å². The zero-order valence-corrected chi connectivity index (χ0v) is 5.32. The lowest BCUT2D eigenvalue weighted by atomic mass is 10.2. The van der Waals surface area contributed by atoms with E-state index in [1.807, 2.05) is 12.1 Å². The second kappa shape index (κ2) is 3.56. The average Bonchev–Trinajstić information content (AvgIpc) is 2.03. The number of allylic oxidation sites excluding steroid dienone is 1. The van der Waals surface area contributed by atoms with Gasteiger partial charge in [-0.05, 0) is 23.8 Å². The maximum Gasteiger partial charge on any atom is 0.225 e. The first kappa shape index (κ1) is 6.68. The third-order valence-electron chi connectivity index (χ3n) is 1.05. The summed E-state index contributed by atoms with van der Waals surface area (Å²) in [6.07, 6.45) is 8.01. The summed E-state index contributed by atoms with van der Waals surface area (Å²) in [7, 11) is 0. The van der Waals surface area contributed by atoms with Gasteiger partial charge in [0, 0.05) is 12.4 Å². The first-order valence-corrected chi connectivity index (χ1v) is 2.88. The van der Waals surface area contributed by atoms with Gasteiger partial charge in [-0.15, -0.1) is 0 Å². The number of hydrogen-bond donors (Lipinski definition) is 0. The largest absolute Gasteiger partial charge is 0.286 e. The standard InChI is InChI=1S/C8H6NO/c10-7-1-2-8-3-5-9-6-4-8/h1-6H/b2-1+. The second-order valence-corrected chi connectivity index (χ2v) is 1.73. The fourth-order valence-corrected chi connectivity index (χ4v) is 0.605. The highest BCUT2D eigenvalue weighted by molar-refractivity contribution is 5.74. The fourth-order valence-electron chi connectivity index (χ4n) is 0.605. The van der Waals surface area contributed by atoms with Gasteiger partial charge < -0.3 is 0 Å². The van der Waals surface area contributed by atoms with Gasteiger partial charge in [0.1, 0.15) is 0 Å². The Kier molecular flexibility index (Phi) is 2.38. The van der Waals surface area contributed by atoms with Crippen LogP contribution in [0, 0.1) is 0 Å². The summed E-state index contributed by atoms with van der Waals surface area (Å²) in [5, 5.41) is 0. The van der Waals surface area contributed by atoms with Crippen LogP contribution in [0.25, 0.3) is 6.08 Å². The molecule has 0 unspecified atom stereocenters. The summed E-state index contributed by atoms with van der Waals surface area (Å²) in [5.74, 6) is 0. The monoisotopic (exact) mass is 132 g/mol. The minimum Gasteiger partial charge on any atom is -0.286 e. The van der Waals surface area contributed by atoms with E-state index in [-0.39, 0.29) is 0 Å². The van der Waals surface area contributed by atoms with E-state index in [0.717, 1.165) is 5.56 Å². The minimum atomic E-state index is 0.957. The van der Waals surface area contributed by atoms with Crippen LogP contribution < -0.4 is 0 Å². The van der Waals surface area contributed by atoms with Crippen molar-refractivity contribution in [3.63, 3.8) is 0 Å². The van der Waals surface area contributed by atoms with Crippen molar-refractivity contribution in [2.45, 2.75) is 0 Å². The van der Waals surface area contributed by atoms with Gasteiger partial charge >= 0.3 is 0 Å². The van der Waals surface area contributed by atoms with Gasteiger partial charge in [0.2, 0.25) is 6.29 Å². The van der Waals surface area contributed by atoms with E-state index in [4.69, 9.17) is 0 Å². The molecule has 0 saturated carbocycles. The molecule has 1 aromatic rings. The zero-order chi connectivity index (χ0) is 7.23. The van der Waals surface area contributed by atoms with Gasteiger partial charge in [-0.3, -0.25) is 9.78 Å². The van der Waals surface area contributed by atoms with Crippen molar-refractivity contribution in [3.8, 4) is 0 Å². The average molecular weight is 132 g/mol. The fraction of sp³-hybridized carbons (Fsp3) is 0. The molecular formula is C8H6NO. The molecule has 1 rings (SSSR count). The van der Waals surface area contributed by atoms with Gasteiger partial charge in [-0.2, -0.15) is 0 Å². The first-order chi connectivity index (χ1) is 4.93. The molecule has 0 saturated heterocycles. The minimum absolute atomic E-state index is 0.957. The normalized spacial score (nSPS) is 10.0. The molecule has 0 aliphatic heterocycles. The molecule has 0 aromatic carbocycles. The molecule has 0 spiro atoms. The topological polar surface area (TPSA) is 30.0 Å². The Balaban J connectivity index is 2.76. The van der Waals surface area contributed by atoms with Crippen LogP contribution in [0.1, 0.15) is 5.56 Å². The van der Waals surface area contributed by atoms with Crippen molar-refractivity contribution in [1.82, 2.24) is 4.98 Å². The molecule has 0 aliphatic carbocycles. The Labute approximate surface area is 59.2 Å². The third kappa shape index (κ3) is 1.82. The molecule has 0 amide bonds. The highest BCUT2D eigenvalue weighted by Gasteiger charge is 1.80. The maximum atomic E-state index is 9.75. The first-order valence-electron chi connectivity index (χ1n) is 2.88. The Bertz CT molecular complexity index is 228. The van der Waals surface area contributed by atoms with E-state index in [1.165, 1.54) is 6.08 Å². The van der Waals surface area contributed by atoms with Crippen LogP contribution in [0.2, 0.25) is 0 Å². The molecule has 0 atom stereocenters. The summed E-state index contributed by atoms with van der Waals surface area (Å²) < 4.78 is 0. The Morgan fingerprint density at radius 3 is 2.70 bits per heavy atom. The Hall–Kier alpha value is -1.44. The number of hydrogen-bond acceptors (Lipinski definition) is 2. The van der Waals surface area contributed by atoms with E-state index in [2.05, 4.69) is 4.98 Å². The number of aromatic nitrogens is 1. The molecule has 0 bridgehead atoms. The quantitative estimate of drug-likeness (QED) is 0.566. The lowest BCUT2D eigenvalue weighted by Gasteiger charge is -1.86. The van der Waals surface area contributed by atoms with Crippen LogP contribution in [0.5, 0.6) is 0 Å². The molecule has 2 nitrogen and oxygen atoms in total. The Morgan fingerprint density at radius 1 is 1.40 bits per heavy atom. The smallest absolute Gasteiger partial charge is 0.225 e. The summed E-state index contributed by atoms with van der Waals surface area (Å²) >= 11 is 0. The van der Waals surface area contributed by atoms with Gasteiger partial charge in [-0.1, -0.05) is 6.08 Å². The van der Waals surface area contributed by atoms with Crippen LogP contribution in [0.15, 0.2) is 30.6 Å². The van der Waals surface area contributed by atoms with E-state index in [0.29, 0.717) is 0 Å². The molecule has 1 heterocycles. The summed E-state index contributed by atoms with van der Waals surface area (Å²) in [5.41, 5.74) is 0.957. The van der Waals surface area contributed by atoms with Crippen molar-refractivity contribution in [1.29, 1.82) is 0 Å². The number of pyridine rings is 1. The number of carbonyl (C=O) groups excluding carboxylic acids is 1. The van der Waals surface area contributed by atoms with E-state index in [1.54, 1.807) is 24.8 Å². The van der Waals surface area contributed by atoms with Gasteiger partial charge in [-0.25, -0.2) is 0 Å². The van der Waals surface area contributed by atoms with Crippen LogP contribution in [-0.4, -0.2) is 11.3 Å². The van der Waals surface area contributed by atoms with Gasteiger partial charge in [0.15, 0.2) is 0 Å². The molecule has 10 heavy (non-hydrogen) atoms. The highest BCUT2D eigenvalue weighted by atomic mass is 16.1. The molecule has 0 fully saturated rings. The van der Waals surface area contributed by atoms with Crippen LogP contribution in [0.3, 0.4) is 0 Å². The third-order valence-corrected chi connectivity index (χ3v) is 1.05. The molecule has 1 radical (unpaired) electrons. The lowest BCUT2D eigenvalue weighted by Crippen LogP contribution is -1.71. The maximum absolute atomic E-state index is 9.75. The van der Waals surface area contributed by atoms with Crippen molar-refractivity contribution < 1.29 is 4.79 Å². The SMILES string of the molecule is O=[C]/C=C/c1ccncc1. The van der Waals surface area contributed by atoms with E-state index < -0.39 is 0 Å². The predicted molar refractivity (Wildman–Crippen MR) is 39.0 cm³/mol. The number of nitrogens with zero attached hydrogens (tertiary/aromatic N) is 1.